The third kappa shape index (κ3) is 2.61. The molecule has 1 aromatic carbocycles. The highest BCUT2D eigenvalue weighted by Crippen LogP contribution is 2.38. The number of methoxy groups -OCH3 is 1. The van der Waals surface area contributed by atoms with Crippen LogP contribution in [0.2, 0.25) is 0 Å². The van der Waals surface area contributed by atoms with E-state index in [0.717, 1.165) is 13.2 Å². The average molecular weight is 247 g/mol. The maximum absolute atomic E-state index is 13.6. The molecule has 0 aliphatic rings. The van der Waals surface area contributed by atoms with Crippen molar-refractivity contribution < 1.29 is 23.2 Å². The molecule has 7 heteroatoms. The summed E-state index contributed by atoms with van der Waals surface area (Å²) >= 11 is 0. The lowest BCUT2D eigenvalue weighted by atomic mass is 10.2. The van der Waals surface area contributed by atoms with Gasteiger partial charge >= 0.3 is 5.69 Å². The number of rotatable bonds is 4. The Labute approximate surface area is 96.1 Å². The van der Waals surface area contributed by atoms with Gasteiger partial charge in [0.1, 0.15) is 0 Å². The van der Waals surface area contributed by atoms with Crippen molar-refractivity contribution in [3.05, 3.63) is 27.8 Å². The highest BCUT2D eigenvalue weighted by atomic mass is 19.1. The van der Waals surface area contributed by atoms with E-state index in [1.807, 2.05) is 0 Å². The fourth-order valence-electron chi connectivity index (χ4n) is 1.27. The molecule has 17 heavy (non-hydrogen) atoms. The highest BCUT2D eigenvalue weighted by molar-refractivity contribution is 5.51. The summed E-state index contributed by atoms with van der Waals surface area (Å²) in [4.78, 5) is 9.33. The molecule has 94 valence electrons. The summed E-state index contributed by atoms with van der Waals surface area (Å²) in [6.45, 7) is 3.30. The maximum atomic E-state index is 13.6. The van der Waals surface area contributed by atoms with E-state index in [9.17, 15) is 18.9 Å². The molecule has 0 unspecified atom stereocenters. The first kappa shape index (κ1) is 13.1. The first-order chi connectivity index (χ1) is 7.88. The van der Waals surface area contributed by atoms with Crippen LogP contribution in [-0.4, -0.2) is 18.1 Å². The van der Waals surface area contributed by atoms with E-state index >= 15 is 0 Å². The predicted octanol–water partition coefficient (Wildman–Crippen LogP) is 2.67. The smallest absolute Gasteiger partial charge is 0.344 e. The van der Waals surface area contributed by atoms with Gasteiger partial charge in [-0.25, -0.2) is 0 Å². The summed E-state index contributed by atoms with van der Waals surface area (Å²) in [5, 5.41) is 10.5. The SMILES string of the molecule is COc1c(OC(C)C)cc(F)c([N+](=O)[O-])c1F. The zero-order chi connectivity index (χ0) is 13.2. The molecule has 0 aliphatic carbocycles. The Hall–Kier alpha value is -1.92. The van der Waals surface area contributed by atoms with Crippen LogP contribution in [0.15, 0.2) is 6.07 Å². The summed E-state index contributed by atoms with van der Waals surface area (Å²) in [7, 11) is 1.12. The van der Waals surface area contributed by atoms with E-state index in [0.29, 0.717) is 0 Å². The topological polar surface area (TPSA) is 61.6 Å². The Balaban J connectivity index is 3.41. The van der Waals surface area contributed by atoms with Gasteiger partial charge in [0.15, 0.2) is 5.75 Å². The first-order valence-electron chi connectivity index (χ1n) is 4.75. The number of nitro benzene ring substituents is 1. The van der Waals surface area contributed by atoms with Crippen LogP contribution in [0.4, 0.5) is 14.5 Å². The maximum Gasteiger partial charge on any atom is 0.344 e. The third-order valence-corrected chi connectivity index (χ3v) is 1.86. The molecule has 0 aromatic heterocycles. The van der Waals surface area contributed by atoms with E-state index in [1.54, 1.807) is 13.8 Å². The zero-order valence-corrected chi connectivity index (χ0v) is 9.49. The monoisotopic (exact) mass is 247 g/mol. The van der Waals surface area contributed by atoms with Crippen molar-refractivity contribution in [2.24, 2.45) is 0 Å². The van der Waals surface area contributed by atoms with Gasteiger partial charge in [-0.3, -0.25) is 10.1 Å². The molecule has 0 saturated heterocycles. The molecule has 0 saturated carbocycles. The minimum atomic E-state index is -1.38. The van der Waals surface area contributed by atoms with Crippen molar-refractivity contribution in [1.82, 2.24) is 0 Å². The van der Waals surface area contributed by atoms with Crippen molar-refractivity contribution in [2.75, 3.05) is 7.11 Å². The van der Waals surface area contributed by atoms with Crippen LogP contribution in [0.1, 0.15) is 13.8 Å². The molecule has 0 amide bonds. The van der Waals surface area contributed by atoms with Crippen LogP contribution < -0.4 is 9.47 Å². The van der Waals surface area contributed by atoms with Crippen molar-refractivity contribution in [2.45, 2.75) is 20.0 Å². The number of hydrogen-bond donors (Lipinski definition) is 0. The van der Waals surface area contributed by atoms with Gasteiger partial charge in [-0.1, -0.05) is 0 Å². The summed E-state index contributed by atoms with van der Waals surface area (Å²) in [5.74, 6) is -3.37. The van der Waals surface area contributed by atoms with Crippen molar-refractivity contribution in [1.29, 1.82) is 0 Å². The molecule has 1 aromatic rings. The van der Waals surface area contributed by atoms with Crippen LogP contribution in [0.5, 0.6) is 11.5 Å². The van der Waals surface area contributed by atoms with Crippen LogP contribution >= 0.6 is 0 Å². The molecular weight excluding hydrogens is 236 g/mol. The number of hydrogen-bond acceptors (Lipinski definition) is 4. The van der Waals surface area contributed by atoms with Crippen LogP contribution in [-0.2, 0) is 0 Å². The predicted molar refractivity (Wildman–Crippen MR) is 55.3 cm³/mol. The van der Waals surface area contributed by atoms with Crippen LogP contribution in [0.3, 0.4) is 0 Å². The fourth-order valence-corrected chi connectivity index (χ4v) is 1.27. The van der Waals surface area contributed by atoms with Crippen LogP contribution in [0.25, 0.3) is 0 Å². The Bertz CT molecular complexity index is 448. The van der Waals surface area contributed by atoms with Crippen molar-refractivity contribution in [3.63, 3.8) is 0 Å². The third-order valence-electron chi connectivity index (χ3n) is 1.86. The molecule has 0 spiro atoms. The quantitative estimate of drug-likeness (QED) is 0.606. The Morgan fingerprint density at radius 1 is 1.41 bits per heavy atom. The lowest BCUT2D eigenvalue weighted by Gasteiger charge is -2.14. The second-order valence-corrected chi connectivity index (χ2v) is 3.48. The number of nitro groups is 1. The lowest BCUT2D eigenvalue weighted by molar-refractivity contribution is -0.390. The number of benzene rings is 1. The van der Waals surface area contributed by atoms with Gasteiger partial charge in [0.25, 0.3) is 0 Å². The van der Waals surface area contributed by atoms with Crippen molar-refractivity contribution >= 4 is 5.69 Å². The van der Waals surface area contributed by atoms with Gasteiger partial charge < -0.3 is 9.47 Å². The molecule has 0 heterocycles. The van der Waals surface area contributed by atoms with Gasteiger partial charge in [0.2, 0.25) is 17.4 Å². The Morgan fingerprint density at radius 3 is 2.41 bits per heavy atom. The largest absolute Gasteiger partial charge is 0.490 e. The minimum absolute atomic E-state index is 0.205. The van der Waals surface area contributed by atoms with Gasteiger partial charge in [0.05, 0.1) is 18.1 Å². The van der Waals surface area contributed by atoms with E-state index in [2.05, 4.69) is 4.74 Å². The molecular formula is C10H11F2NO4. The number of ether oxygens (including phenoxy) is 2. The second kappa shape index (κ2) is 4.94. The molecule has 0 radical (unpaired) electrons. The van der Waals surface area contributed by atoms with E-state index in [-0.39, 0.29) is 11.9 Å². The molecule has 5 nitrogen and oxygen atoms in total. The number of nitrogens with zero attached hydrogens (tertiary/aromatic N) is 1. The van der Waals surface area contributed by atoms with Gasteiger partial charge in [-0.2, -0.15) is 8.78 Å². The van der Waals surface area contributed by atoms with Gasteiger partial charge in [0, 0.05) is 6.07 Å². The first-order valence-corrected chi connectivity index (χ1v) is 4.75. The second-order valence-electron chi connectivity index (χ2n) is 3.48. The molecule has 0 bridgehead atoms. The molecule has 0 fully saturated rings. The molecule has 1 rings (SSSR count). The van der Waals surface area contributed by atoms with E-state index in [1.165, 1.54) is 0 Å². The summed E-state index contributed by atoms with van der Waals surface area (Å²) in [6.07, 6.45) is -0.343. The Kier molecular flexibility index (Phi) is 3.82. The van der Waals surface area contributed by atoms with E-state index in [4.69, 9.17) is 4.74 Å². The van der Waals surface area contributed by atoms with Crippen molar-refractivity contribution in [3.8, 4) is 11.5 Å². The van der Waals surface area contributed by atoms with Gasteiger partial charge in [-0.05, 0) is 13.8 Å². The highest BCUT2D eigenvalue weighted by Gasteiger charge is 2.29. The lowest BCUT2D eigenvalue weighted by Crippen LogP contribution is -2.09. The normalized spacial score (nSPS) is 10.5. The molecule has 0 N–H and O–H groups in total. The standard InChI is InChI=1S/C10H11F2NO4/c1-5(2)17-7-4-6(11)9(13(14)15)8(12)10(7)16-3/h4-5H,1-3H3. The summed E-state index contributed by atoms with van der Waals surface area (Å²) in [5.41, 5.74) is -1.25. The summed E-state index contributed by atoms with van der Waals surface area (Å²) < 4.78 is 36.7. The average Bonchev–Trinajstić information content (AvgIpc) is 2.15. The molecule has 0 atom stereocenters. The summed E-state index contributed by atoms with van der Waals surface area (Å²) in [6, 6.07) is 0.736. The zero-order valence-electron chi connectivity index (χ0n) is 9.49. The molecule has 0 aliphatic heterocycles. The Morgan fingerprint density at radius 2 is 2.00 bits per heavy atom. The van der Waals surface area contributed by atoms with Gasteiger partial charge in [-0.15, -0.1) is 0 Å². The number of halogens is 2. The minimum Gasteiger partial charge on any atom is -0.490 e. The van der Waals surface area contributed by atoms with E-state index < -0.39 is 28.0 Å². The van der Waals surface area contributed by atoms with Crippen LogP contribution in [0, 0.1) is 21.7 Å². The fraction of sp³-hybridized carbons (Fsp3) is 0.400.